The normalized spacial score (nSPS) is 26.8. The lowest BCUT2D eigenvalue weighted by Gasteiger charge is -2.32. The molecule has 1 aliphatic carbocycles. The van der Waals surface area contributed by atoms with E-state index in [1.807, 2.05) is 12.3 Å². The molecule has 0 aliphatic heterocycles. The number of aliphatic hydroxyl groups is 1. The fraction of sp³-hybridized carbons (Fsp3) is 0.600. The third-order valence-corrected chi connectivity index (χ3v) is 2.63. The highest BCUT2D eigenvalue weighted by atomic mass is 16.3. The number of hydrogen-bond acceptors (Lipinski definition) is 1. The maximum absolute atomic E-state index is 9.77. The fourth-order valence-electron chi connectivity index (χ4n) is 2.07. The molecule has 1 heterocycles. The van der Waals surface area contributed by atoms with E-state index in [1.165, 1.54) is 5.69 Å². The van der Waals surface area contributed by atoms with Gasteiger partial charge in [0, 0.05) is 17.5 Å². The van der Waals surface area contributed by atoms with Gasteiger partial charge in [-0.2, -0.15) is 0 Å². The minimum Gasteiger partial charge on any atom is -0.388 e. The van der Waals surface area contributed by atoms with Crippen LogP contribution in [0.4, 0.5) is 0 Å². The Labute approximate surface area is 72.6 Å². The van der Waals surface area contributed by atoms with Gasteiger partial charge in [0.2, 0.25) is 0 Å². The quantitative estimate of drug-likeness (QED) is 0.606. The summed E-state index contributed by atoms with van der Waals surface area (Å²) in [4.78, 5) is 3.18. The molecule has 0 fully saturated rings. The predicted octanol–water partition coefficient (Wildman–Crippen LogP) is 2.02. The van der Waals surface area contributed by atoms with Crippen LogP contribution < -0.4 is 0 Å². The summed E-state index contributed by atoms with van der Waals surface area (Å²) < 4.78 is 0. The maximum atomic E-state index is 9.77. The van der Waals surface area contributed by atoms with Gasteiger partial charge in [0.15, 0.2) is 0 Å². The monoisotopic (exact) mass is 165 g/mol. The first kappa shape index (κ1) is 7.87. The van der Waals surface area contributed by atoms with Gasteiger partial charge in [-0.1, -0.05) is 13.8 Å². The van der Waals surface area contributed by atoms with Crippen molar-refractivity contribution in [2.24, 2.45) is 5.41 Å². The molecule has 1 unspecified atom stereocenters. The van der Waals surface area contributed by atoms with Gasteiger partial charge in [0.05, 0.1) is 6.10 Å². The summed E-state index contributed by atoms with van der Waals surface area (Å²) in [7, 11) is 0. The van der Waals surface area contributed by atoms with Crippen molar-refractivity contribution in [2.75, 3.05) is 0 Å². The first-order valence-corrected chi connectivity index (χ1v) is 4.43. The number of aromatic amines is 1. The number of aliphatic hydroxyl groups excluding tert-OH is 1. The number of aromatic nitrogens is 1. The molecule has 1 atom stereocenters. The first-order valence-electron chi connectivity index (χ1n) is 4.43. The average Bonchev–Trinajstić information content (AvgIpc) is 2.31. The van der Waals surface area contributed by atoms with Crippen LogP contribution in [0.3, 0.4) is 0 Å². The molecule has 0 saturated heterocycles. The van der Waals surface area contributed by atoms with Gasteiger partial charge in [0.1, 0.15) is 0 Å². The summed E-state index contributed by atoms with van der Waals surface area (Å²) in [6.07, 6.45) is 3.56. The van der Waals surface area contributed by atoms with Crippen LogP contribution >= 0.6 is 0 Å². The van der Waals surface area contributed by atoms with E-state index in [4.69, 9.17) is 0 Å². The molecule has 66 valence electrons. The van der Waals surface area contributed by atoms with Crippen molar-refractivity contribution in [3.63, 3.8) is 0 Å². The molecule has 1 aromatic rings. The second kappa shape index (κ2) is 2.36. The molecule has 0 amide bonds. The SMILES string of the molecule is CC1(C)Cc2[nH]ccc2C(O)C1. The Morgan fingerprint density at radius 1 is 1.58 bits per heavy atom. The summed E-state index contributed by atoms with van der Waals surface area (Å²) in [5.74, 6) is 0. The Hall–Kier alpha value is -0.760. The smallest absolute Gasteiger partial charge is 0.0812 e. The van der Waals surface area contributed by atoms with E-state index in [0.29, 0.717) is 0 Å². The first-order chi connectivity index (χ1) is 5.58. The lowest BCUT2D eigenvalue weighted by atomic mass is 9.75. The van der Waals surface area contributed by atoms with E-state index >= 15 is 0 Å². The van der Waals surface area contributed by atoms with Crippen molar-refractivity contribution in [2.45, 2.75) is 32.8 Å². The number of rotatable bonds is 0. The molecule has 2 heteroatoms. The fourth-order valence-corrected chi connectivity index (χ4v) is 2.07. The zero-order chi connectivity index (χ0) is 8.77. The lowest BCUT2D eigenvalue weighted by molar-refractivity contribution is 0.0993. The second-order valence-electron chi connectivity index (χ2n) is 4.47. The van der Waals surface area contributed by atoms with E-state index < -0.39 is 0 Å². The number of hydrogen-bond donors (Lipinski definition) is 2. The third kappa shape index (κ3) is 1.16. The summed E-state index contributed by atoms with van der Waals surface area (Å²) in [6.45, 7) is 4.39. The van der Waals surface area contributed by atoms with Gasteiger partial charge >= 0.3 is 0 Å². The second-order valence-corrected chi connectivity index (χ2v) is 4.47. The molecule has 1 aliphatic rings. The molecule has 0 aromatic carbocycles. The molecule has 2 nitrogen and oxygen atoms in total. The standard InChI is InChI=1S/C10H15NO/c1-10(2)5-8-7(3-4-11-8)9(12)6-10/h3-4,9,11-12H,5-6H2,1-2H3. The average molecular weight is 165 g/mol. The molecule has 2 rings (SSSR count). The van der Waals surface area contributed by atoms with Crippen molar-refractivity contribution < 1.29 is 5.11 Å². The van der Waals surface area contributed by atoms with Crippen LogP contribution in [0.2, 0.25) is 0 Å². The molecular weight excluding hydrogens is 150 g/mol. The van der Waals surface area contributed by atoms with Crippen molar-refractivity contribution in [3.05, 3.63) is 23.5 Å². The third-order valence-electron chi connectivity index (χ3n) is 2.63. The van der Waals surface area contributed by atoms with Gasteiger partial charge in [-0.3, -0.25) is 0 Å². The van der Waals surface area contributed by atoms with Crippen molar-refractivity contribution in [1.82, 2.24) is 4.98 Å². The van der Waals surface area contributed by atoms with Crippen molar-refractivity contribution in [1.29, 1.82) is 0 Å². The Morgan fingerprint density at radius 2 is 2.33 bits per heavy atom. The van der Waals surface area contributed by atoms with Crippen LogP contribution in [0.5, 0.6) is 0 Å². The van der Waals surface area contributed by atoms with E-state index in [-0.39, 0.29) is 11.5 Å². The maximum Gasteiger partial charge on any atom is 0.0812 e. The number of fused-ring (bicyclic) bond motifs is 1. The molecule has 0 radical (unpaired) electrons. The van der Waals surface area contributed by atoms with Crippen LogP contribution in [-0.2, 0) is 6.42 Å². The molecular formula is C10H15NO. The summed E-state index contributed by atoms with van der Waals surface area (Å²) >= 11 is 0. The van der Waals surface area contributed by atoms with Crippen molar-refractivity contribution >= 4 is 0 Å². The minimum atomic E-state index is -0.269. The minimum absolute atomic E-state index is 0.233. The van der Waals surface area contributed by atoms with E-state index in [0.717, 1.165) is 18.4 Å². The summed E-state index contributed by atoms with van der Waals surface area (Å²) in [6, 6.07) is 1.98. The topological polar surface area (TPSA) is 36.0 Å². The Kier molecular flexibility index (Phi) is 1.55. The van der Waals surface area contributed by atoms with E-state index in [9.17, 15) is 5.11 Å². The molecule has 0 spiro atoms. The van der Waals surface area contributed by atoms with Crippen LogP contribution in [0, 0.1) is 5.41 Å². The largest absolute Gasteiger partial charge is 0.388 e. The molecule has 12 heavy (non-hydrogen) atoms. The summed E-state index contributed by atoms with van der Waals surface area (Å²) in [5.41, 5.74) is 2.53. The Bertz CT molecular complexity index is 288. The van der Waals surface area contributed by atoms with Crippen LogP contribution in [0.25, 0.3) is 0 Å². The number of nitrogens with one attached hydrogen (secondary N) is 1. The van der Waals surface area contributed by atoms with Gasteiger partial charge in [-0.25, -0.2) is 0 Å². The van der Waals surface area contributed by atoms with Crippen molar-refractivity contribution in [3.8, 4) is 0 Å². The van der Waals surface area contributed by atoms with Crippen LogP contribution in [0.1, 0.15) is 37.6 Å². The molecule has 0 bridgehead atoms. The van der Waals surface area contributed by atoms with Gasteiger partial charge in [-0.15, -0.1) is 0 Å². The lowest BCUT2D eigenvalue weighted by Crippen LogP contribution is -2.24. The molecule has 2 N–H and O–H groups in total. The van der Waals surface area contributed by atoms with E-state index in [2.05, 4.69) is 18.8 Å². The van der Waals surface area contributed by atoms with Gasteiger partial charge in [0.25, 0.3) is 0 Å². The van der Waals surface area contributed by atoms with E-state index in [1.54, 1.807) is 0 Å². The predicted molar refractivity (Wildman–Crippen MR) is 47.9 cm³/mol. The highest BCUT2D eigenvalue weighted by molar-refractivity contribution is 5.27. The zero-order valence-electron chi connectivity index (χ0n) is 7.59. The molecule has 1 aromatic heterocycles. The Balaban J connectivity index is 2.38. The van der Waals surface area contributed by atoms with Crippen LogP contribution in [0.15, 0.2) is 12.3 Å². The van der Waals surface area contributed by atoms with Crippen LogP contribution in [-0.4, -0.2) is 10.1 Å². The highest BCUT2D eigenvalue weighted by Crippen LogP contribution is 2.39. The zero-order valence-corrected chi connectivity index (χ0v) is 7.59. The molecule has 0 saturated carbocycles. The summed E-state index contributed by atoms with van der Waals surface area (Å²) in [5, 5.41) is 9.77. The van der Waals surface area contributed by atoms with Gasteiger partial charge in [-0.05, 0) is 24.3 Å². The van der Waals surface area contributed by atoms with Gasteiger partial charge < -0.3 is 10.1 Å². The Morgan fingerprint density at radius 3 is 3.08 bits per heavy atom. The highest BCUT2D eigenvalue weighted by Gasteiger charge is 2.31. The number of H-pyrrole nitrogens is 1.